The highest BCUT2D eigenvalue weighted by atomic mass is 16.5. The maximum atomic E-state index is 12.1. The molecule has 0 saturated carbocycles. The summed E-state index contributed by atoms with van der Waals surface area (Å²) >= 11 is 0. The molecule has 0 amide bonds. The third-order valence-electron chi connectivity index (χ3n) is 4.85. The van der Waals surface area contributed by atoms with Gasteiger partial charge in [-0.2, -0.15) is 0 Å². The van der Waals surface area contributed by atoms with Gasteiger partial charge in [-0.3, -0.25) is 4.79 Å². The number of aryl methyl sites for hydroxylation is 1. The summed E-state index contributed by atoms with van der Waals surface area (Å²) in [5, 5.41) is 0. The van der Waals surface area contributed by atoms with E-state index in [0.717, 1.165) is 22.3 Å². The summed E-state index contributed by atoms with van der Waals surface area (Å²) in [6, 6.07) is 11.7. The molecule has 5 heteroatoms. The van der Waals surface area contributed by atoms with E-state index in [1.54, 1.807) is 13.0 Å². The predicted octanol–water partition coefficient (Wildman–Crippen LogP) is 4.74. The first-order chi connectivity index (χ1) is 13.8. The summed E-state index contributed by atoms with van der Waals surface area (Å²) in [5.74, 6) is 0.487. The van der Waals surface area contributed by atoms with Gasteiger partial charge in [0.05, 0.1) is 13.0 Å². The summed E-state index contributed by atoms with van der Waals surface area (Å²) in [6.45, 7) is 8.33. The van der Waals surface area contributed by atoms with Gasteiger partial charge in [0.25, 0.3) is 0 Å². The van der Waals surface area contributed by atoms with Crippen molar-refractivity contribution in [3.05, 3.63) is 64.7 Å². The first kappa shape index (κ1) is 20.6. The fourth-order valence-electron chi connectivity index (χ4n) is 3.60. The van der Waals surface area contributed by atoms with Gasteiger partial charge in [-0.05, 0) is 37.1 Å². The second-order valence-corrected chi connectivity index (χ2v) is 7.70. The van der Waals surface area contributed by atoms with Crippen molar-refractivity contribution < 1.29 is 23.8 Å². The smallest absolute Gasteiger partial charge is 0.330 e. The minimum Gasteiger partial charge on any atom is -0.488 e. The molecular formula is C24H26O5. The SMILES string of the molecule is CCOC(=O)C=Cc1c(OCc2ccccc2)c(C)cc2c1C(C)(C)CC(=O)O2. The van der Waals surface area contributed by atoms with Crippen LogP contribution in [0.1, 0.15) is 49.4 Å². The van der Waals surface area contributed by atoms with Gasteiger partial charge >= 0.3 is 11.9 Å². The zero-order chi connectivity index (χ0) is 21.0. The summed E-state index contributed by atoms with van der Waals surface area (Å²) in [5.41, 5.74) is 2.99. The molecule has 152 valence electrons. The van der Waals surface area contributed by atoms with Crippen LogP contribution in [0.4, 0.5) is 0 Å². The molecule has 0 aromatic heterocycles. The molecule has 3 rings (SSSR count). The fraction of sp³-hybridized carbons (Fsp3) is 0.333. The van der Waals surface area contributed by atoms with Crippen LogP contribution >= 0.6 is 0 Å². The van der Waals surface area contributed by atoms with Gasteiger partial charge in [-0.1, -0.05) is 44.2 Å². The molecule has 5 nitrogen and oxygen atoms in total. The van der Waals surface area contributed by atoms with Gasteiger partial charge in [-0.15, -0.1) is 0 Å². The molecule has 2 aromatic carbocycles. The number of carbonyl (C=O) groups is 2. The first-order valence-corrected chi connectivity index (χ1v) is 9.72. The molecule has 2 aromatic rings. The van der Waals surface area contributed by atoms with E-state index in [9.17, 15) is 9.59 Å². The molecule has 29 heavy (non-hydrogen) atoms. The van der Waals surface area contributed by atoms with Crippen LogP contribution in [0, 0.1) is 6.92 Å². The Morgan fingerprint density at radius 1 is 1.24 bits per heavy atom. The van der Waals surface area contributed by atoms with E-state index in [2.05, 4.69) is 0 Å². The molecule has 1 heterocycles. The van der Waals surface area contributed by atoms with Gasteiger partial charge < -0.3 is 14.2 Å². The lowest BCUT2D eigenvalue weighted by atomic mass is 9.76. The largest absolute Gasteiger partial charge is 0.488 e. The van der Waals surface area contributed by atoms with Gasteiger partial charge in [0.2, 0.25) is 0 Å². The molecule has 0 N–H and O–H groups in total. The van der Waals surface area contributed by atoms with Crippen molar-refractivity contribution >= 4 is 18.0 Å². The number of ether oxygens (including phenoxy) is 3. The van der Waals surface area contributed by atoms with Gasteiger partial charge in [-0.25, -0.2) is 4.79 Å². The maximum Gasteiger partial charge on any atom is 0.330 e. The Morgan fingerprint density at radius 3 is 2.66 bits per heavy atom. The Bertz CT molecular complexity index is 941. The van der Waals surface area contributed by atoms with Gasteiger partial charge in [0, 0.05) is 22.6 Å². The van der Waals surface area contributed by atoms with Crippen molar-refractivity contribution in [3.63, 3.8) is 0 Å². The number of rotatable bonds is 6. The lowest BCUT2D eigenvalue weighted by Crippen LogP contribution is -2.32. The molecule has 1 aliphatic rings. The molecule has 0 fully saturated rings. The van der Waals surface area contributed by atoms with Crippen LogP contribution in [0.15, 0.2) is 42.5 Å². The number of carbonyl (C=O) groups excluding carboxylic acids is 2. The van der Waals surface area contributed by atoms with E-state index >= 15 is 0 Å². The summed E-state index contributed by atoms with van der Waals surface area (Å²) in [6.07, 6.45) is 3.34. The topological polar surface area (TPSA) is 61.8 Å². The normalized spacial score (nSPS) is 15.0. The fourth-order valence-corrected chi connectivity index (χ4v) is 3.60. The monoisotopic (exact) mass is 394 g/mol. The first-order valence-electron chi connectivity index (χ1n) is 9.72. The Morgan fingerprint density at radius 2 is 1.97 bits per heavy atom. The molecule has 0 radical (unpaired) electrons. The maximum absolute atomic E-state index is 12.1. The number of hydrogen-bond donors (Lipinski definition) is 0. The molecule has 0 spiro atoms. The van der Waals surface area contributed by atoms with Crippen molar-refractivity contribution in [3.8, 4) is 11.5 Å². The number of hydrogen-bond acceptors (Lipinski definition) is 5. The summed E-state index contributed by atoms with van der Waals surface area (Å²) < 4.78 is 16.7. The Kier molecular flexibility index (Phi) is 6.06. The molecule has 1 aliphatic heterocycles. The van der Waals surface area contributed by atoms with Crippen LogP contribution in [0.5, 0.6) is 11.5 Å². The third kappa shape index (κ3) is 4.67. The Hall–Kier alpha value is -3.08. The summed E-state index contributed by atoms with van der Waals surface area (Å²) in [7, 11) is 0. The highest BCUT2D eigenvalue weighted by Gasteiger charge is 2.37. The highest BCUT2D eigenvalue weighted by Crippen LogP contribution is 2.46. The number of esters is 2. The van der Waals surface area contributed by atoms with E-state index in [0.29, 0.717) is 24.7 Å². The van der Waals surface area contributed by atoms with Crippen LogP contribution in [0.25, 0.3) is 6.08 Å². The summed E-state index contributed by atoms with van der Waals surface area (Å²) in [4.78, 5) is 24.0. The van der Waals surface area contributed by atoms with Crippen LogP contribution in [-0.2, 0) is 26.3 Å². The van der Waals surface area contributed by atoms with Crippen molar-refractivity contribution in [1.82, 2.24) is 0 Å². The molecule has 0 atom stereocenters. The lowest BCUT2D eigenvalue weighted by Gasteiger charge is -2.34. The minimum absolute atomic E-state index is 0.251. The second kappa shape index (κ2) is 8.52. The van der Waals surface area contributed by atoms with E-state index in [1.165, 1.54) is 6.08 Å². The number of benzene rings is 2. The zero-order valence-corrected chi connectivity index (χ0v) is 17.3. The standard InChI is InChI=1S/C24H26O5/c1-5-27-20(25)12-11-18-22-19(29-21(26)14-24(22,3)4)13-16(2)23(18)28-15-17-9-7-6-8-10-17/h6-13H,5,14-15H2,1-4H3. The molecule has 0 aliphatic carbocycles. The molecule has 0 saturated heterocycles. The number of fused-ring (bicyclic) bond motifs is 1. The van der Waals surface area contributed by atoms with Crippen LogP contribution in [0.2, 0.25) is 0 Å². The van der Waals surface area contributed by atoms with Crippen LogP contribution in [-0.4, -0.2) is 18.5 Å². The van der Waals surface area contributed by atoms with Crippen molar-refractivity contribution in [2.45, 2.75) is 46.1 Å². The van der Waals surface area contributed by atoms with E-state index in [4.69, 9.17) is 14.2 Å². The minimum atomic E-state index is -0.461. The highest BCUT2D eigenvalue weighted by molar-refractivity contribution is 5.89. The van der Waals surface area contributed by atoms with E-state index in [-0.39, 0.29) is 12.4 Å². The van der Waals surface area contributed by atoms with E-state index in [1.807, 2.05) is 57.2 Å². The van der Waals surface area contributed by atoms with Crippen molar-refractivity contribution in [2.24, 2.45) is 0 Å². The zero-order valence-electron chi connectivity index (χ0n) is 17.3. The van der Waals surface area contributed by atoms with Crippen molar-refractivity contribution in [2.75, 3.05) is 6.61 Å². The van der Waals surface area contributed by atoms with Gasteiger partial charge in [0.15, 0.2) is 0 Å². The average molecular weight is 394 g/mol. The Balaban J connectivity index is 2.08. The quantitative estimate of drug-likeness (QED) is 0.402. The van der Waals surface area contributed by atoms with Gasteiger partial charge in [0.1, 0.15) is 18.1 Å². The second-order valence-electron chi connectivity index (χ2n) is 7.70. The van der Waals surface area contributed by atoms with Crippen molar-refractivity contribution in [1.29, 1.82) is 0 Å². The van der Waals surface area contributed by atoms with Crippen LogP contribution < -0.4 is 9.47 Å². The van der Waals surface area contributed by atoms with E-state index < -0.39 is 11.4 Å². The Labute approximate surface area is 171 Å². The molecular weight excluding hydrogens is 368 g/mol. The molecule has 0 unspecified atom stereocenters. The average Bonchev–Trinajstić information content (AvgIpc) is 2.65. The third-order valence-corrected chi connectivity index (χ3v) is 4.85. The lowest BCUT2D eigenvalue weighted by molar-refractivity contribution is -0.138. The molecule has 0 bridgehead atoms. The predicted molar refractivity (Wildman–Crippen MR) is 111 cm³/mol. The van der Waals surface area contributed by atoms with Crippen LogP contribution in [0.3, 0.4) is 0 Å².